The molecule has 0 saturated heterocycles. The number of carboxylic acid groups (broad SMARTS) is 1. The van der Waals surface area contributed by atoms with Crippen molar-refractivity contribution in [3.8, 4) is 0 Å². The lowest BCUT2D eigenvalue weighted by Gasteiger charge is -1.88. The second kappa shape index (κ2) is 2.31. The Morgan fingerprint density at radius 2 is 2.33 bits per heavy atom. The van der Waals surface area contributed by atoms with E-state index in [2.05, 4.69) is 0 Å². The smallest absolute Gasteiger partial charge is 0.335 e. The molecule has 0 atom stereocenters. The number of carbonyl (C=O) groups is 1. The number of rotatable bonds is 1. The predicted octanol–water partition coefficient (Wildman–Crippen LogP) is 1.38. The van der Waals surface area contributed by atoms with Crippen LogP contribution in [0.5, 0.6) is 0 Å². The van der Waals surface area contributed by atoms with E-state index in [0.29, 0.717) is 0 Å². The zero-order valence-electron chi connectivity index (χ0n) is 5.66. The van der Waals surface area contributed by atoms with Crippen LogP contribution in [0.25, 0.3) is 0 Å². The van der Waals surface area contributed by atoms with Crippen molar-refractivity contribution < 1.29 is 11.3 Å². The normalized spacial score (nSPS) is 10.4. The van der Waals surface area contributed by atoms with Crippen molar-refractivity contribution in [2.24, 2.45) is 0 Å². The van der Waals surface area contributed by atoms with Crippen LogP contribution in [0.15, 0.2) is 30.3 Å². The minimum atomic E-state index is -1.05. The van der Waals surface area contributed by atoms with E-state index in [0.717, 1.165) is 0 Å². The lowest BCUT2D eigenvalue weighted by molar-refractivity contribution is 0.0697. The molecule has 0 aliphatic rings. The van der Waals surface area contributed by atoms with Crippen molar-refractivity contribution in [3.05, 3.63) is 35.9 Å². The standard InChI is InChI=1S/C7H6O2/c8-7(9)6-4-2-1-3-5-6/h1-5H,(H,8,9)/i4D. The summed E-state index contributed by atoms with van der Waals surface area (Å²) in [5.41, 5.74) is 0.0440. The van der Waals surface area contributed by atoms with Gasteiger partial charge in [0.2, 0.25) is 0 Å². The van der Waals surface area contributed by atoms with Crippen LogP contribution >= 0.6 is 0 Å². The van der Waals surface area contributed by atoms with Gasteiger partial charge < -0.3 is 5.11 Å². The van der Waals surface area contributed by atoms with Gasteiger partial charge in [-0.15, -0.1) is 0 Å². The molecular formula is C7H6O2. The van der Waals surface area contributed by atoms with Crippen LogP contribution in [-0.4, -0.2) is 11.1 Å². The summed E-state index contributed by atoms with van der Waals surface area (Å²) in [4.78, 5) is 10.3. The third-order valence-corrected chi connectivity index (χ3v) is 0.939. The van der Waals surface area contributed by atoms with Crippen molar-refractivity contribution in [1.82, 2.24) is 0 Å². The Bertz CT molecular complexity index is 258. The lowest BCUT2D eigenvalue weighted by atomic mass is 10.2. The molecule has 0 aromatic heterocycles. The molecule has 1 rings (SSSR count). The third kappa shape index (κ3) is 1.29. The highest BCUT2D eigenvalue weighted by Crippen LogP contribution is 1.96. The highest BCUT2D eigenvalue weighted by atomic mass is 16.4. The van der Waals surface area contributed by atoms with Gasteiger partial charge in [-0.05, 0) is 12.1 Å². The van der Waals surface area contributed by atoms with Crippen LogP contribution in [-0.2, 0) is 0 Å². The van der Waals surface area contributed by atoms with Crippen molar-refractivity contribution in [3.63, 3.8) is 0 Å². The maximum absolute atomic E-state index is 10.3. The average molecular weight is 123 g/mol. The first kappa shape index (κ1) is 4.56. The van der Waals surface area contributed by atoms with Crippen molar-refractivity contribution >= 4 is 5.97 Å². The summed E-state index contributed by atoms with van der Waals surface area (Å²) < 4.78 is 7.12. The van der Waals surface area contributed by atoms with Crippen LogP contribution in [0.2, 0.25) is 0 Å². The molecule has 1 N–H and O–H groups in total. The molecule has 0 amide bonds. The largest absolute Gasteiger partial charge is 0.478 e. The first-order valence-electron chi connectivity index (χ1n) is 3.01. The first-order chi connectivity index (χ1) is 4.72. The number of benzene rings is 1. The van der Waals surface area contributed by atoms with Crippen molar-refractivity contribution in [2.45, 2.75) is 0 Å². The van der Waals surface area contributed by atoms with Gasteiger partial charge in [-0.25, -0.2) is 4.79 Å². The van der Waals surface area contributed by atoms with E-state index in [9.17, 15) is 4.79 Å². The molecule has 0 radical (unpaired) electrons. The highest BCUT2D eigenvalue weighted by Gasteiger charge is 1.96. The topological polar surface area (TPSA) is 37.3 Å². The molecule has 1 aromatic carbocycles. The number of aromatic carboxylic acids is 1. The Hall–Kier alpha value is -1.31. The van der Waals surface area contributed by atoms with Crippen LogP contribution < -0.4 is 0 Å². The van der Waals surface area contributed by atoms with Crippen LogP contribution in [0, 0.1) is 0 Å². The van der Waals surface area contributed by atoms with Crippen LogP contribution in [0.3, 0.4) is 0 Å². The van der Waals surface area contributed by atoms with E-state index < -0.39 is 5.97 Å². The summed E-state index contributed by atoms with van der Waals surface area (Å²) in [5.74, 6) is -1.05. The van der Waals surface area contributed by atoms with Crippen molar-refractivity contribution in [2.75, 3.05) is 0 Å². The molecule has 0 heterocycles. The van der Waals surface area contributed by atoms with Gasteiger partial charge in [0.15, 0.2) is 0 Å². The molecular weight excluding hydrogens is 116 g/mol. The van der Waals surface area contributed by atoms with Crippen molar-refractivity contribution in [1.29, 1.82) is 0 Å². The van der Waals surface area contributed by atoms with Gasteiger partial charge in [0.25, 0.3) is 0 Å². The van der Waals surface area contributed by atoms with Crippen LogP contribution in [0.4, 0.5) is 0 Å². The fourth-order valence-electron chi connectivity index (χ4n) is 0.526. The van der Waals surface area contributed by atoms with E-state index in [1.54, 1.807) is 12.1 Å². The molecule has 2 heteroatoms. The number of hydrogen-bond donors (Lipinski definition) is 1. The van der Waals surface area contributed by atoms with Gasteiger partial charge in [-0.1, -0.05) is 18.2 Å². The molecule has 0 spiro atoms. The molecule has 0 aliphatic heterocycles. The van der Waals surface area contributed by atoms with Gasteiger partial charge in [0.05, 0.1) is 6.93 Å². The summed E-state index contributed by atoms with van der Waals surface area (Å²) in [6, 6.07) is 6.14. The van der Waals surface area contributed by atoms with Gasteiger partial charge in [0, 0.05) is 0 Å². The number of carboxylic acids is 1. The van der Waals surface area contributed by atoms with E-state index in [1.807, 2.05) is 0 Å². The minimum absolute atomic E-state index is 0.0440. The summed E-state index contributed by atoms with van der Waals surface area (Å²) in [7, 11) is 0. The highest BCUT2D eigenvalue weighted by molar-refractivity contribution is 5.87. The van der Waals surface area contributed by atoms with E-state index in [4.69, 9.17) is 6.48 Å². The van der Waals surface area contributed by atoms with E-state index in [1.165, 1.54) is 12.1 Å². The summed E-state index contributed by atoms with van der Waals surface area (Å²) in [6.45, 7) is 0. The molecule has 9 heavy (non-hydrogen) atoms. The fraction of sp³-hybridized carbons (Fsp3) is 0. The third-order valence-electron chi connectivity index (χ3n) is 0.939. The fourth-order valence-corrected chi connectivity index (χ4v) is 0.526. The zero-order valence-corrected chi connectivity index (χ0v) is 4.66. The Morgan fingerprint density at radius 3 is 2.78 bits per heavy atom. The Balaban J connectivity index is 3.15. The van der Waals surface area contributed by atoms with Gasteiger partial charge >= 0.3 is 5.97 Å². The molecule has 0 fully saturated rings. The van der Waals surface area contributed by atoms with E-state index >= 15 is 0 Å². The Labute approximate surface area is 54.2 Å². The Kier molecular flexibility index (Phi) is 1.17. The maximum atomic E-state index is 10.3. The summed E-state index contributed by atoms with van der Waals surface area (Å²) >= 11 is 0. The quantitative estimate of drug-likeness (QED) is 0.612. The minimum Gasteiger partial charge on any atom is -0.478 e. The second-order valence-electron chi connectivity index (χ2n) is 1.58. The maximum Gasteiger partial charge on any atom is 0.335 e. The zero-order chi connectivity index (χ0) is 7.56. The molecule has 2 nitrogen and oxygen atoms in total. The van der Waals surface area contributed by atoms with Crippen LogP contribution in [0.1, 0.15) is 11.7 Å². The number of hydrogen-bond acceptors (Lipinski definition) is 1. The Morgan fingerprint density at radius 1 is 1.56 bits per heavy atom. The molecule has 46 valence electrons. The molecule has 0 bridgehead atoms. The average Bonchev–Trinajstić information content (AvgIpc) is 1.88. The SMILES string of the molecule is [2H]c1ccccc1C(=O)O. The van der Waals surface area contributed by atoms with Gasteiger partial charge in [-0.2, -0.15) is 0 Å². The summed E-state index contributed by atoms with van der Waals surface area (Å²) in [6.07, 6.45) is 0. The first-order valence-corrected chi connectivity index (χ1v) is 2.51. The molecule has 0 unspecified atom stereocenters. The van der Waals surface area contributed by atoms with Gasteiger partial charge in [0.1, 0.15) is 0 Å². The molecule has 0 aliphatic carbocycles. The predicted molar refractivity (Wildman–Crippen MR) is 33.4 cm³/mol. The second-order valence-corrected chi connectivity index (χ2v) is 1.58. The van der Waals surface area contributed by atoms with E-state index in [-0.39, 0.29) is 11.6 Å². The van der Waals surface area contributed by atoms with Gasteiger partial charge in [-0.3, -0.25) is 0 Å². The molecule has 1 aromatic rings. The molecule has 0 saturated carbocycles. The summed E-state index contributed by atoms with van der Waals surface area (Å²) in [5, 5.41) is 8.45. The lowest BCUT2D eigenvalue weighted by Crippen LogP contribution is -1.93. The monoisotopic (exact) mass is 123 g/mol.